The Morgan fingerprint density at radius 2 is 0.794 bits per heavy atom. The zero-order valence-electron chi connectivity index (χ0n) is 19.8. The van der Waals surface area contributed by atoms with Gasteiger partial charge in [0.15, 0.2) is 0 Å². The molecule has 0 aliphatic heterocycles. The van der Waals surface area contributed by atoms with Gasteiger partial charge in [-0.25, -0.2) is 0 Å². The highest BCUT2D eigenvalue weighted by Gasteiger charge is 2.15. The van der Waals surface area contributed by atoms with Crippen molar-refractivity contribution in [3.05, 3.63) is 117 Å². The lowest BCUT2D eigenvalue weighted by molar-refractivity contribution is 0.463. The van der Waals surface area contributed by atoms with E-state index >= 15 is 0 Å². The van der Waals surface area contributed by atoms with Crippen molar-refractivity contribution in [1.29, 1.82) is 0 Å². The molecule has 0 unspecified atom stereocenters. The largest absolute Gasteiger partial charge is 0.508 e. The summed E-state index contributed by atoms with van der Waals surface area (Å²) in [6.45, 7) is 5.89. The fourth-order valence-corrected chi connectivity index (χ4v) is 4.47. The Balaban J connectivity index is 1.77. The molecule has 4 N–H and O–H groups in total. The number of hydrogen-bond donors (Lipinski definition) is 4. The summed E-state index contributed by atoms with van der Waals surface area (Å²) in [4.78, 5) is 0. The molecule has 0 amide bonds. The van der Waals surface area contributed by atoms with Crippen molar-refractivity contribution < 1.29 is 20.4 Å². The molecule has 0 bridgehead atoms. The third-order valence-electron chi connectivity index (χ3n) is 6.46. The normalized spacial score (nSPS) is 11.0. The average Bonchev–Trinajstić information content (AvgIpc) is 2.77. The Labute approximate surface area is 200 Å². The highest BCUT2D eigenvalue weighted by atomic mass is 16.3. The SMILES string of the molecule is Cc1cc(O)ccc1Cc1cc(Cc2ccc(O)cc2C)c(O)c(Cc2ccc(O)cc2C)c1. The van der Waals surface area contributed by atoms with Gasteiger partial charge < -0.3 is 20.4 Å². The van der Waals surface area contributed by atoms with E-state index in [9.17, 15) is 20.4 Å². The molecule has 4 nitrogen and oxygen atoms in total. The van der Waals surface area contributed by atoms with E-state index < -0.39 is 0 Å². The zero-order valence-corrected chi connectivity index (χ0v) is 19.8. The van der Waals surface area contributed by atoms with Crippen LogP contribution in [-0.4, -0.2) is 20.4 Å². The summed E-state index contributed by atoms with van der Waals surface area (Å²) < 4.78 is 0. The van der Waals surface area contributed by atoms with Crippen LogP contribution in [0.25, 0.3) is 0 Å². The molecular weight excluding hydrogens is 424 g/mol. The third-order valence-corrected chi connectivity index (χ3v) is 6.46. The van der Waals surface area contributed by atoms with Crippen molar-refractivity contribution in [2.75, 3.05) is 0 Å². The molecule has 34 heavy (non-hydrogen) atoms. The topological polar surface area (TPSA) is 80.9 Å². The molecule has 0 aliphatic rings. The molecule has 0 atom stereocenters. The number of phenols is 4. The third kappa shape index (κ3) is 5.18. The van der Waals surface area contributed by atoms with Crippen LogP contribution in [0.15, 0.2) is 66.7 Å². The quantitative estimate of drug-likeness (QED) is 0.279. The van der Waals surface area contributed by atoms with E-state index in [0.29, 0.717) is 19.3 Å². The second-order valence-electron chi connectivity index (χ2n) is 9.13. The van der Waals surface area contributed by atoms with E-state index in [1.54, 1.807) is 36.4 Å². The molecule has 4 aromatic rings. The van der Waals surface area contributed by atoms with E-state index in [0.717, 1.165) is 50.1 Å². The van der Waals surface area contributed by atoms with E-state index in [1.807, 2.05) is 51.1 Å². The van der Waals surface area contributed by atoms with Gasteiger partial charge in [0, 0.05) is 12.8 Å². The van der Waals surface area contributed by atoms with Crippen LogP contribution in [-0.2, 0) is 19.3 Å². The maximum Gasteiger partial charge on any atom is 0.122 e. The second kappa shape index (κ2) is 9.52. The molecule has 0 spiro atoms. The highest BCUT2D eigenvalue weighted by molar-refractivity contribution is 5.51. The minimum Gasteiger partial charge on any atom is -0.508 e. The number of rotatable bonds is 6. The first-order chi connectivity index (χ1) is 16.2. The second-order valence-corrected chi connectivity index (χ2v) is 9.13. The molecule has 0 fully saturated rings. The molecule has 0 heterocycles. The van der Waals surface area contributed by atoms with Gasteiger partial charge in [-0.3, -0.25) is 0 Å². The number of aromatic hydroxyl groups is 4. The van der Waals surface area contributed by atoms with Gasteiger partial charge in [0.2, 0.25) is 0 Å². The van der Waals surface area contributed by atoms with Crippen LogP contribution >= 0.6 is 0 Å². The van der Waals surface area contributed by atoms with Crippen LogP contribution in [0, 0.1) is 20.8 Å². The van der Waals surface area contributed by atoms with E-state index in [2.05, 4.69) is 0 Å². The highest BCUT2D eigenvalue weighted by Crippen LogP contribution is 2.32. The Hall–Kier alpha value is -3.92. The minimum absolute atomic E-state index is 0.227. The fraction of sp³-hybridized carbons (Fsp3) is 0.200. The zero-order chi connectivity index (χ0) is 24.4. The van der Waals surface area contributed by atoms with Gasteiger partial charge in [0.1, 0.15) is 23.0 Å². The van der Waals surface area contributed by atoms with E-state index in [1.165, 1.54) is 0 Å². The predicted molar refractivity (Wildman–Crippen MR) is 135 cm³/mol. The van der Waals surface area contributed by atoms with Crippen molar-refractivity contribution >= 4 is 0 Å². The molecule has 4 aromatic carbocycles. The lowest BCUT2D eigenvalue weighted by Crippen LogP contribution is -2.01. The number of aryl methyl sites for hydroxylation is 3. The van der Waals surface area contributed by atoms with Crippen molar-refractivity contribution in [1.82, 2.24) is 0 Å². The predicted octanol–water partition coefficient (Wildman–Crippen LogP) is 6.21. The van der Waals surface area contributed by atoms with Gasteiger partial charge in [-0.1, -0.05) is 30.3 Å². The summed E-state index contributed by atoms with van der Waals surface area (Å²) >= 11 is 0. The smallest absolute Gasteiger partial charge is 0.122 e. The Morgan fingerprint density at radius 3 is 1.15 bits per heavy atom. The van der Waals surface area contributed by atoms with Crippen molar-refractivity contribution in [3.63, 3.8) is 0 Å². The minimum atomic E-state index is 0.227. The molecule has 0 saturated carbocycles. The van der Waals surface area contributed by atoms with Crippen molar-refractivity contribution in [2.24, 2.45) is 0 Å². The number of phenolic OH excluding ortho intramolecular Hbond substituents is 4. The van der Waals surface area contributed by atoms with Gasteiger partial charge in [-0.15, -0.1) is 0 Å². The molecule has 4 rings (SSSR count). The molecule has 4 heteroatoms. The molecule has 0 aliphatic carbocycles. The molecule has 0 saturated heterocycles. The van der Waals surface area contributed by atoms with Gasteiger partial charge in [0.25, 0.3) is 0 Å². The fourth-order valence-electron chi connectivity index (χ4n) is 4.47. The Morgan fingerprint density at radius 1 is 0.441 bits per heavy atom. The maximum absolute atomic E-state index is 11.3. The van der Waals surface area contributed by atoms with E-state index in [4.69, 9.17) is 0 Å². The van der Waals surface area contributed by atoms with Crippen LogP contribution in [0.1, 0.15) is 50.1 Å². The Kier molecular flexibility index (Phi) is 6.51. The van der Waals surface area contributed by atoms with Crippen LogP contribution in [0.3, 0.4) is 0 Å². The first kappa shape index (κ1) is 23.2. The molecule has 0 radical (unpaired) electrons. The number of hydrogen-bond acceptors (Lipinski definition) is 4. The van der Waals surface area contributed by atoms with Crippen LogP contribution in [0.5, 0.6) is 23.0 Å². The maximum atomic E-state index is 11.3. The van der Waals surface area contributed by atoms with Gasteiger partial charge in [-0.05, 0) is 114 Å². The molecule has 174 valence electrons. The molecular formula is C30H30O4. The monoisotopic (exact) mass is 454 g/mol. The summed E-state index contributed by atoms with van der Waals surface area (Å²) in [6, 6.07) is 20.1. The summed E-state index contributed by atoms with van der Waals surface area (Å²) in [7, 11) is 0. The first-order valence-electron chi connectivity index (χ1n) is 11.4. The first-order valence-corrected chi connectivity index (χ1v) is 11.4. The average molecular weight is 455 g/mol. The summed E-state index contributed by atoms with van der Waals surface area (Å²) in [5.74, 6) is 0.973. The standard InChI is InChI=1S/C30H30O4/c1-18-10-27(31)7-4-22(18)13-21-14-25(16-23-5-8-28(32)11-19(23)2)30(34)26(15-21)17-24-6-9-29(33)12-20(24)3/h4-12,14-15,31-34H,13,16-17H2,1-3H3. The Bertz CT molecular complexity index is 1280. The van der Waals surface area contributed by atoms with Crippen LogP contribution < -0.4 is 0 Å². The van der Waals surface area contributed by atoms with Crippen LogP contribution in [0.4, 0.5) is 0 Å². The van der Waals surface area contributed by atoms with Crippen molar-refractivity contribution in [3.8, 4) is 23.0 Å². The lowest BCUT2D eigenvalue weighted by Gasteiger charge is -2.16. The van der Waals surface area contributed by atoms with Gasteiger partial charge >= 0.3 is 0 Å². The summed E-state index contributed by atoms with van der Waals surface area (Å²) in [6.07, 6.45) is 1.76. The van der Waals surface area contributed by atoms with Crippen molar-refractivity contribution in [2.45, 2.75) is 40.0 Å². The number of benzene rings is 4. The summed E-state index contributed by atoms with van der Waals surface area (Å²) in [5, 5.41) is 40.6. The van der Waals surface area contributed by atoms with E-state index in [-0.39, 0.29) is 23.0 Å². The van der Waals surface area contributed by atoms with Gasteiger partial charge in [0.05, 0.1) is 0 Å². The summed E-state index contributed by atoms with van der Waals surface area (Å²) in [5.41, 5.74) is 8.87. The molecule has 0 aromatic heterocycles. The lowest BCUT2D eigenvalue weighted by atomic mass is 9.90. The van der Waals surface area contributed by atoms with Crippen LogP contribution in [0.2, 0.25) is 0 Å². The van der Waals surface area contributed by atoms with Gasteiger partial charge in [-0.2, -0.15) is 0 Å².